The standard InChI is InChI=1S/C17H28N4O3/c1-11(2)14(12(3)19-16(23)24-17(4,5)6)15(22)21-20-13-9-7-8-10-18-13/h7-12,14H,1-6H3,(H,18,20)(H,19,23)(H,21,22). The number of rotatable bonds is 6. The van der Waals surface area contributed by atoms with Crippen LogP contribution in [0.15, 0.2) is 24.4 Å². The van der Waals surface area contributed by atoms with Crippen molar-refractivity contribution in [3.05, 3.63) is 24.4 Å². The van der Waals surface area contributed by atoms with E-state index in [0.29, 0.717) is 5.82 Å². The van der Waals surface area contributed by atoms with E-state index >= 15 is 0 Å². The molecule has 1 rings (SSSR count). The zero-order chi connectivity index (χ0) is 18.3. The number of hydrogen-bond donors (Lipinski definition) is 3. The number of ether oxygens (including phenoxy) is 1. The molecule has 24 heavy (non-hydrogen) atoms. The zero-order valence-corrected chi connectivity index (χ0v) is 15.2. The Labute approximate surface area is 143 Å². The Morgan fingerprint density at radius 3 is 2.33 bits per heavy atom. The van der Waals surface area contributed by atoms with Crippen molar-refractivity contribution in [1.82, 2.24) is 15.7 Å². The van der Waals surface area contributed by atoms with Crippen molar-refractivity contribution in [3.8, 4) is 0 Å². The number of nitrogens with one attached hydrogen (secondary N) is 3. The van der Waals surface area contributed by atoms with E-state index in [4.69, 9.17) is 4.74 Å². The van der Waals surface area contributed by atoms with E-state index in [9.17, 15) is 9.59 Å². The van der Waals surface area contributed by atoms with Gasteiger partial charge in [-0.15, -0.1) is 0 Å². The van der Waals surface area contributed by atoms with E-state index < -0.39 is 17.6 Å². The number of anilines is 1. The van der Waals surface area contributed by atoms with E-state index in [0.717, 1.165) is 0 Å². The summed E-state index contributed by atoms with van der Waals surface area (Å²) < 4.78 is 5.24. The molecule has 2 amide bonds. The van der Waals surface area contributed by atoms with Crippen molar-refractivity contribution in [2.75, 3.05) is 5.43 Å². The van der Waals surface area contributed by atoms with Gasteiger partial charge < -0.3 is 10.1 Å². The number of amides is 2. The van der Waals surface area contributed by atoms with E-state index in [1.165, 1.54) is 0 Å². The molecule has 0 radical (unpaired) electrons. The molecule has 0 saturated carbocycles. The fourth-order valence-corrected chi connectivity index (χ4v) is 2.34. The van der Waals surface area contributed by atoms with Crippen LogP contribution in [0.5, 0.6) is 0 Å². The molecule has 1 aromatic rings. The number of pyridine rings is 1. The third-order valence-electron chi connectivity index (χ3n) is 3.28. The second-order valence-corrected chi connectivity index (χ2v) is 7.03. The smallest absolute Gasteiger partial charge is 0.407 e. The molecule has 134 valence electrons. The summed E-state index contributed by atoms with van der Waals surface area (Å²) in [6, 6.07) is 4.96. The molecular weight excluding hydrogens is 308 g/mol. The van der Waals surface area contributed by atoms with Gasteiger partial charge in [-0.25, -0.2) is 9.78 Å². The van der Waals surface area contributed by atoms with Crippen molar-refractivity contribution < 1.29 is 14.3 Å². The average molecular weight is 336 g/mol. The third-order valence-corrected chi connectivity index (χ3v) is 3.28. The Hall–Kier alpha value is -2.31. The number of aromatic nitrogens is 1. The molecule has 1 aromatic heterocycles. The second kappa shape index (κ2) is 8.52. The molecule has 0 fully saturated rings. The van der Waals surface area contributed by atoms with E-state index in [1.807, 2.05) is 19.9 Å². The summed E-state index contributed by atoms with van der Waals surface area (Å²) in [5, 5.41) is 2.73. The van der Waals surface area contributed by atoms with Crippen LogP contribution in [0.1, 0.15) is 41.5 Å². The minimum absolute atomic E-state index is 0.0282. The summed E-state index contributed by atoms with van der Waals surface area (Å²) in [6.07, 6.45) is 1.09. The minimum atomic E-state index is -0.583. The number of hydrogen-bond acceptors (Lipinski definition) is 5. The Balaban J connectivity index is 2.64. The van der Waals surface area contributed by atoms with Gasteiger partial charge in [0.1, 0.15) is 11.4 Å². The number of alkyl carbamates (subject to hydrolysis) is 1. The molecular formula is C17H28N4O3. The molecule has 0 spiro atoms. The molecule has 0 saturated heterocycles. The first-order chi connectivity index (χ1) is 11.1. The first-order valence-electron chi connectivity index (χ1n) is 8.06. The lowest BCUT2D eigenvalue weighted by atomic mass is 9.88. The highest BCUT2D eigenvalue weighted by Crippen LogP contribution is 2.17. The van der Waals surface area contributed by atoms with Crippen LogP contribution in [0.2, 0.25) is 0 Å². The van der Waals surface area contributed by atoms with Crippen molar-refractivity contribution in [2.45, 2.75) is 53.2 Å². The topological polar surface area (TPSA) is 92.4 Å². The Kier molecular flexibility index (Phi) is 7.00. The molecule has 0 bridgehead atoms. The predicted molar refractivity (Wildman–Crippen MR) is 93.2 cm³/mol. The van der Waals surface area contributed by atoms with Crippen molar-refractivity contribution in [2.24, 2.45) is 11.8 Å². The maximum Gasteiger partial charge on any atom is 0.407 e. The zero-order valence-electron chi connectivity index (χ0n) is 15.2. The highest BCUT2D eigenvalue weighted by atomic mass is 16.6. The molecule has 0 aliphatic heterocycles. The van der Waals surface area contributed by atoms with Crippen molar-refractivity contribution in [1.29, 1.82) is 0 Å². The Morgan fingerprint density at radius 1 is 1.17 bits per heavy atom. The Bertz CT molecular complexity index is 541. The lowest BCUT2D eigenvalue weighted by Crippen LogP contribution is -2.49. The van der Waals surface area contributed by atoms with Crippen LogP contribution in [0.3, 0.4) is 0 Å². The van der Waals surface area contributed by atoms with Gasteiger partial charge >= 0.3 is 6.09 Å². The monoisotopic (exact) mass is 336 g/mol. The molecule has 3 N–H and O–H groups in total. The fourth-order valence-electron chi connectivity index (χ4n) is 2.34. The molecule has 7 heteroatoms. The molecule has 7 nitrogen and oxygen atoms in total. The van der Waals surface area contributed by atoms with Crippen LogP contribution in [0.4, 0.5) is 10.6 Å². The molecule has 0 aromatic carbocycles. The van der Waals surface area contributed by atoms with Crippen LogP contribution in [-0.4, -0.2) is 28.6 Å². The van der Waals surface area contributed by atoms with Gasteiger partial charge in [0.25, 0.3) is 0 Å². The molecule has 2 atom stereocenters. The average Bonchev–Trinajstić information content (AvgIpc) is 2.43. The van der Waals surface area contributed by atoms with Gasteiger partial charge in [-0.1, -0.05) is 19.9 Å². The maximum atomic E-state index is 12.5. The normalized spacial score (nSPS) is 13.8. The van der Waals surface area contributed by atoms with E-state index in [2.05, 4.69) is 21.2 Å². The highest BCUT2D eigenvalue weighted by Gasteiger charge is 2.30. The number of hydrazine groups is 1. The molecule has 0 aliphatic carbocycles. The lowest BCUT2D eigenvalue weighted by Gasteiger charge is -2.28. The highest BCUT2D eigenvalue weighted by molar-refractivity contribution is 5.81. The van der Waals surface area contributed by atoms with Crippen molar-refractivity contribution in [3.63, 3.8) is 0 Å². The fraction of sp³-hybridized carbons (Fsp3) is 0.588. The van der Waals surface area contributed by atoms with Gasteiger partial charge in [0.15, 0.2) is 0 Å². The number of nitrogens with zero attached hydrogens (tertiary/aromatic N) is 1. The van der Waals surface area contributed by atoms with Gasteiger partial charge in [0.2, 0.25) is 5.91 Å². The van der Waals surface area contributed by atoms with Crippen LogP contribution >= 0.6 is 0 Å². The number of carbonyl (C=O) groups excluding carboxylic acids is 2. The molecule has 1 heterocycles. The van der Waals surface area contributed by atoms with Gasteiger partial charge in [0, 0.05) is 12.2 Å². The van der Waals surface area contributed by atoms with Crippen LogP contribution in [0.25, 0.3) is 0 Å². The van der Waals surface area contributed by atoms with Crippen molar-refractivity contribution >= 4 is 17.8 Å². The summed E-state index contributed by atoms with van der Waals surface area (Å²) >= 11 is 0. The van der Waals surface area contributed by atoms with Gasteiger partial charge in [-0.3, -0.25) is 15.6 Å². The van der Waals surface area contributed by atoms with Crippen LogP contribution < -0.4 is 16.2 Å². The summed E-state index contributed by atoms with van der Waals surface area (Å²) in [5.74, 6) is -0.0745. The molecule has 0 aliphatic rings. The minimum Gasteiger partial charge on any atom is -0.444 e. The largest absolute Gasteiger partial charge is 0.444 e. The third kappa shape index (κ3) is 6.85. The van der Waals surface area contributed by atoms with Gasteiger partial charge in [0.05, 0.1) is 5.92 Å². The summed E-state index contributed by atoms with van der Waals surface area (Å²) in [6.45, 7) is 11.0. The summed E-state index contributed by atoms with van der Waals surface area (Å²) in [5.41, 5.74) is 4.83. The lowest BCUT2D eigenvalue weighted by molar-refractivity contribution is -0.126. The Morgan fingerprint density at radius 2 is 1.83 bits per heavy atom. The van der Waals surface area contributed by atoms with Gasteiger partial charge in [-0.05, 0) is 45.7 Å². The second-order valence-electron chi connectivity index (χ2n) is 7.03. The predicted octanol–water partition coefficient (Wildman–Crippen LogP) is 2.71. The quantitative estimate of drug-likeness (QED) is 0.695. The maximum absolute atomic E-state index is 12.5. The summed E-state index contributed by atoms with van der Waals surface area (Å²) in [4.78, 5) is 28.5. The summed E-state index contributed by atoms with van der Waals surface area (Å²) in [7, 11) is 0. The van der Waals surface area contributed by atoms with E-state index in [-0.39, 0.29) is 17.9 Å². The molecule has 2 unspecified atom stereocenters. The van der Waals surface area contributed by atoms with Gasteiger partial charge in [-0.2, -0.15) is 0 Å². The SMILES string of the molecule is CC(C)C(C(=O)NNc1ccccn1)C(C)NC(=O)OC(C)(C)C. The van der Waals surface area contributed by atoms with Crippen LogP contribution in [0, 0.1) is 11.8 Å². The van der Waals surface area contributed by atoms with E-state index in [1.54, 1.807) is 46.0 Å². The van der Waals surface area contributed by atoms with Crippen LogP contribution in [-0.2, 0) is 9.53 Å². The first-order valence-corrected chi connectivity index (χ1v) is 8.06. The number of carbonyl (C=O) groups is 2. The first kappa shape index (κ1) is 19.7.